The number of rotatable bonds is 5. The molecule has 1 saturated heterocycles. The molecule has 0 bridgehead atoms. The Balaban J connectivity index is 1.60. The smallest absolute Gasteiger partial charge is 0.191 e. The lowest BCUT2D eigenvalue weighted by Crippen LogP contribution is -2.44. The van der Waals surface area contributed by atoms with Crippen LogP contribution < -0.4 is 15.5 Å². The second-order valence-electron chi connectivity index (χ2n) is 8.30. The molecule has 1 saturated carbocycles. The second kappa shape index (κ2) is 10.1. The average molecular weight is 391 g/mol. The van der Waals surface area contributed by atoms with Crippen LogP contribution in [0.2, 0.25) is 0 Å². The Bertz CT molecular complexity index is 650. The van der Waals surface area contributed by atoms with Gasteiger partial charge in [0.25, 0.3) is 0 Å². The zero-order valence-corrected chi connectivity index (χ0v) is 17.3. The van der Waals surface area contributed by atoms with E-state index in [1.54, 1.807) is 6.07 Å². The van der Waals surface area contributed by atoms with Gasteiger partial charge >= 0.3 is 0 Å². The van der Waals surface area contributed by atoms with Gasteiger partial charge in [-0.2, -0.15) is 0 Å². The molecule has 1 aromatic carbocycles. The van der Waals surface area contributed by atoms with E-state index in [4.69, 9.17) is 0 Å². The first-order valence-electron chi connectivity index (χ1n) is 10.8. The molecule has 2 fully saturated rings. The van der Waals surface area contributed by atoms with Gasteiger partial charge in [-0.3, -0.25) is 0 Å². The van der Waals surface area contributed by atoms with E-state index in [2.05, 4.69) is 29.5 Å². The van der Waals surface area contributed by atoms with E-state index in [0.29, 0.717) is 44.2 Å². The molecule has 0 unspecified atom stereocenters. The van der Waals surface area contributed by atoms with Crippen molar-refractivity contribution in [1.29, 1.82) is 0 Å². The van der Waals surface area contributed by atoms with Crippen molar-refractivity contribution < 1.29 is 9.50 Å². The minimum Gasteiger partial charge on any atom is -0.393 e. The number of anilines is 1. The third-order valence-corrected chi connectivity index (χ3v) is 5.94. The van der Waals surface area contributed by atoms with Gasteiger partial charge in [-0.15, -0.1) is 0 Å². The highest BCUT2D eigenvalue weighted by molar-refractivity contribution is 5.80. The average Bonchev–Trinajstić information content (AvgIpc) is 2.69. The lowest BCUT2D eigenvalue weighted by atomic mass is 9.87. The minimum atomic E-state index is -0.253. The predicted octanol–water partition coefficient (Wildman–Crippen LogP) is 3.42. The minimum absolute atomic E-state index is 0.205. The molecule has 6 heteroatoms. The number of nitrogens with zero attached hydrogens (tertiary/aromatic N) is 2. The zero-order chi connectivity index (χ0) is 19.9. The van der Waals surface area contributed by atoms with Crippen molar-refractivity contribution in [2.75, 3.05) is 24.5 Å². The highest BCUT2D eigenvalue weighted by Gasteiger charge is 2.20. The first-order chi connectivity index (χ1) is 13.5. The van der Waals surface area contributed by atoms with Gasteiger partial charge in [0.05, 0.1) is 18.3 Å². The predicted molar refractivity (Wildman–Crippen MR) is 113 cm³/mol. The van der Waals surface area contributed by atoms with E-state index >= 15 is 0 Å². The van der Waals surface area contributed by atoms with E-state index in [1.807, 2.05) is 17.0 Å². The fourth-order valence-electron chi connectivity index (χ4n) is 4.10. The Morgan fingerprint density at radius 1 is 1.18 bits per heavy atom. The number of nitrogens with one attached hydrogen (secondary N) is 2. The van der Waals surface area contributed by atoms with Gasteiger partial charge in [0.1, 0.15) is 5.82 Å². The standard InChI is InChI=1S/C22H35FN4O/c1-3-24-22(26-18-7-4-16(2)5-8-18)25-15-17-6-9-21(20(23)14-17)27-12-10-19(28)11-13-27/h6,9,14,16,18-19,28H,3-5,7-8,10-13,15H2,1-2H3,(H2,24,25,26). The highest BCUT2D eigenvalue weighted by atomic mass is 19.1. The number of guanidine groups is 1. The number of benzene rings is 1. The fourth-order valence-corrected chi connectivity index (χ4v) is 4.10. The molecule has 28 heavy (non-hydrogen) atoms. The number of hydrogen-bond acceptors (Lipinski definition) is 3. The number of hydrogen-bond donors (Lipinski definition) is 3. The maximum Gasteiger partial charge on any atom is 0.191 e. The molecule has 3 rings (SSSR count). The molecular weight excluding hydrogens is 355 g/mol. The molecule has 0 aromatic heterocycles. The van der Waals surface area contributed by atoms with Gasteiger partial charge in [-0.05, 0) is 69.1 Å². The molecule has 2 aliphatic rings. The van der Waals surface area contributed by atoms with Crippen LogP contribution in [0.15, 0.2) is 23.2 Å². The molecule has 0 amide bonds. The summed E-state index contributed by atoms with van der Waals surface area (Å²) >= 11 is 0. The number of aliphatic hydroxyl groups is 1. The molecule has 1 heterocycles. The Labute approximate surface area is 168 Å². The topological polar surface area (TPSA) is 59.9 Å². The maximum absolute atomic E-state index is 14.6. The van der Waals surface area contributed by atoms with Crippen LogP contribution in [0.25, 0.3) is 0 Å². The summed E-state index contributed by atoms with van der Waals surface area (Å²) in [6.45, 7) is 7.04. The normalized spacial score (nSPS) is 24.3. The summed E-state index contributed by atoms with van der Waals surface area (Å²) in [5.74, 6) is 1.43. The zero-order valence-electron chi connectivity index (χ0n) is 17.3. The maximum atomic E-state index is 14.6. The third-order valence-electron chi connectivity index (χ3n) is 5.94. The van der Waals surface area contributed by atoms with Crippen molar-refractivity contribution in [2.24, 2.45) is 10.9 Å². The Kier molecular flexibility index (Phi) is 7.54. The van der Waals surface area contributed by atoms with Crippen LogP contribution in [0.3, 0.4) is 0 Å². The van der Waals surface area contributed by atoms with E-state index < -0.39 is 0 Å². The van der Waals surface area contributed by atoms with Gasteiger partial charge in [0, 0.05) is 25.7 Å². The van der Waals surface area contributed by atoms with Crippen LogP contribution in [0, 0.1) is 11.7 Å². The van der Waals surface area contributed by atoms with E-state index in [1.165, 1.54) is 25.7 Å². The molecule has 0 atom stereocenters. The van der Waals surface area contributed by atoms with Crippen LogP contribution in [0.1, 0.15) is 57.9 Å². The molecule has 156 valence electrons. The molecule has 1 aliphatic heterocycles. The van der Waals surface area contributed by atoms with Gasteiger partial charge in [-0.25, -0.2) is 9.38 Å². The lowest BCUT2D eigenvalue weighted by molar-refractivity contribution is 0.145. The molecule has 5 nitrogen and oxygen atoms in total. The number of halogens is 1. The molecule has 0 spiro atoms. The van der Waals surface area contributed by atoms with Crippen LogP contribution in [-0.2, 0) is 6.54 Å². The van der Waals surface area contributed by atoms with Crippen molar-refractivity contribution in [1.82, 2.24) is 10.6 Å². The van der Waals surface area contributed by atoms with Gasteiger partial charge in [0.15, 0.2) is 5.96 Å². The van der Waals surface area contributed by atoms with Gasteiger partial charge in [-0.1, -0.05) is 13.0 Å². The van der Waals surface area contributed by atoms with Crippen molar-refractivity contribution in [3.8, 4) is 0 Å². The SMILES string of the molecule is CCNC(=NCc1ccc(N2CCC(O)CC2)c(F)c1)NC1CCC(C)CC1. The van der Waals surface area contributed by atoms with Crippen LogP contribution in [0.4, 0.5) is 10.1 Å². The molecule has 1 aromatic rings. The lowest BCUT2D eigenvalue weighted by Gasteiger charge is -2.31. The molecule has 0 radical (unpaired) electrons. The van der Waals surface area contributed by atoms with Gasteiger partial charge < -0.3 is 20.6 Å². The molecule has 1 aliphatic carbocycles. The number of piperidine rings is 1. The van der Waals surface area contributed by atoms with E-state index in [0.717, 1.165) is 24.0 Å². The summed E-state index contributed by atoms with van der Waals surface area (Å²) in [6, 6.07) is 5.87. The highest BCUT2D eigenvalue weighted by Crippen LogP contribution is 2.25. The quantitative estimate of drug-likeness (QED) is 0.533. The Morgan fingerprint density at radius 3 is 2.54 bits per heavy atom. The summed E-state index contributed by atoms with van der Waals surface area (Å²) < 4.78 is 14.6. The van der Waals surface area contributed by atoms with Crippen molar-refractivity contribution in [3.63, 3.8) is 0 Å². The fraction of sp³-hybridized carbons (Fsp3) is 0.682. The van der Waals surface area contributed by atoms with E-state index in [9.17, 15) is 9.50 Å². The molecular formula is C22H35FN4O. The first kappa shape index (κ1) is 20.9. The van der Waals surface area contributed by atoms with Crippen molar-refractivity contribution in [2.45, 2.75) is 71.1 Å². The Hall–Kier alpha value is -1.82. The number of aliphatic hydroxyl groups excluding tert-OH is 1. The van der Waals surface area contributed by atoms with Crippen LogP contribution in [0.5, 0.6) is 0 Å². The van der Waals surface area contributed by atoms with E-state index in [-0.39, 0.29) is 11.9 Å². The van der Waals surface area contributed by atoms with Crippen LogP contribution in [-0.4, -0.2) is 42.8 Å². The van der Waals surface area contributed by atoms with Crippen molar-refractivity contribution in [3.05, 3.63) is 29.6 Å². The second-order valence-corrected chi connectivity index (χ2v) is 8.30. The Morgan fingerprint density at radius 2 is 1.89 bits per heavy atom. The van der Waals surface area contributed by atoms with Crippen LogP contribution >= 0.6 is 0 Å². The van der Waals surface area contributed by atoms with Gasteiger partial charge in [0.2, 0.25) is 0 Å². The number of aliphatic imine (C=N–C) groups is 1. The van der Waals surface area contributed by atoms with Crippen molar-refractivity contribution >= 4 is 11.6 Å². The summed E-state index contributed by atoms with van der Waals surface area (Å²) in [5.41, 5.74) is 1.49. The summed E-state index contributed by atoms with van der Waals surface area (Å²) in [6.07, 6.45) is 6.02. The third kappa shape index (κ3) is 5.84. The summed E-state index contributed by atoms with van der Waals surface area (Å²) in [4.78, 5) is 6.69. The largest absolute Gasteiger partial charge is 0.393 e. The summed E-state index contributed by atoms with van der Waals surface area (Å²) in [7, 11) is 0. The first-order valence-corrected chi connectivity index (χ1v) is 10.8. The molecule has 3 N–H and O–H groups in total. The monoisotopic (exact) mass is 390 g/mol. The summed E-state index contributed by atoms with van der Waals surface area (Å²) in [5, 5.41) is 16.5.